The molecule has 36 heavy (non-hydrogen) atoms. The second kappa shape index (κ2) is 12.4. The highest BCUT2D eigenvalue weighted by atomic mass is 32.2. The molecule has 0 spiro atoms. The lowest BCUT2D eigenvalue weighted by atomic mass is 9.88. The summed E-state index contributed by atoms with van der Waals surface area (Å²) in [6.45, 7) is 2.42. The summed E-state index contributed by atoms with van der Waals surface area (Å²) in [7, 11) is 1.72. The number of carbonyl (C=O) groups excluding carboxylic acids is 1. The highest BCUT2D eigenvalue weighted by Gasteiger charge is 2.16. The number of carbonyl (C=O) groups is 1. The number of benzene rings is 3. The van der Waals surface area contributed by atoms with Gasteiger partial charge in [0, 0.05) is 37.2 Å². The standard InChI is InChI=1S/C30H31N3O2S/c1-22-27(20-23-12-6-3-7-13-23)29(35)33(2)30(32-22)36-21-28(34)31-19-18-26(24-14-8-4-9-15-24)25-16-10-5-11-17-25/h3-17,26H,18-21H2,1-2H3,(H,31,34). The van der Waals surface area contributed by atoms with Crippen LogP contribution in [0.5, 0.6) is 0 Å². The maximum absolute atomic E-state index is 13.0. The monoisotopic (exact) mass is 497 g/mol. The summed E-state index contributed by atoms with van der Waals surface area (Å²) in [5.41, 5.74) is 4.87. The van der Waals surface area contributed by atoms with E-state index in [-0.39, 0.29) is 23.1 Å². The van der Waals surface area contributed by atoms with E-state index in [4.69, 9.17) is 0 Å². The fraction of sp³-hybridized carbons (Fsp3) is 0.233. The van der Waals surface area contributed by atoms with E-state index < -0.39 is 0 Å². The molecule has 0 aliphatic heterocycles. The predicted octanol–water partition coefficient (Wildman–Crippen LogP) is 5.11. The molecule has 5 nitrogen and oxygen atoms in total. The van der Waals surface area contributed by atoms with E-state index in [2.05, 4.69) is 34.6 Å². The number of aryl methyl sites for hydroxylation is 1. The molecule has 4 aromatic rings. The zero-order valence-electron chi connectivity index (χ0n) is 20.7. The second-order valence-corrected chi connectivity index (χ2v) is 9.73. The van der Waals surface area contributed by atoms with Crippen LogP contribution >= 0.6 is 11.8 Å². The summed E-state index contributed by atoms with van der Waals surface area (Å²) in [6, 6.07) is 30.6. The van der Waals surface area contributed by atoms with E-state index in [0.717, 1.165) is 12.0 Å². The Bertz CT molecular complexity index is 1300. The Hall–Kier alpha value is -3.64. The number of amides is 1. The molecule has 1 heterocycles. The van der Waals surface area contributed by atoms with Gasteiger partial charge in [-0.25, -0.2) is 4.98 Å². The summed E-state index contributed by atoms with van der Waals surface area (Å²) < 4.78 is 1.55. The van der Waals surface area contributed by atoms with Crippen molar-refractivity contribution in [2.75, 3.05) is 12.3 Å². The maximum atomic E-state index is 13.0. The van der Waals surface area contributed by atoms with Crippen molar-refractivity contribution in [1.29, 1.82) is 0 Å². The summed E-state index contributed by atoms with van der Waals surface area (Å²) in [4.78, 5) is 30.2. The number of rotatable bonds is 10. The average Bonchev–Trinajstić information content (AvgIpc) is 2.92. The molecular weight excluding hydrogens is 466 g/mol. The van der Waals surface area contributed by atoms with Crippen LogP contribution in [-0.4, -0.2) is 27.8 Å². The van der Waals surface area contributed by atoms with E-state index in [1.807, 2.05) is 73.7 Å². The van der Waals surface area contributed by atoms with E-state index in [0.29, 0.717) is 29.4 Å². The first-order chi connectivity index (χ1) is 17.5. The van der Waals surface area contributed by atoms with Gasteiger partial charge >= 0.3 is 0 Å². The Labute approximate surface area is 216 Å². The van der Waals surface area contributed by atoms with Crippen LogP contribution in [0.2, 0.25) is 0 Å². The number of thioether (sulfide) groups is 1. The lowest BCUT2D eigenvalue weighted by molar-refractivity contribution is -0.118. The average molecular weight is 498 g/mol. The van der Waals surface area contributed by atoms with Gasteiger partial charge in [-0.1, -0.05) is 103 Å². The van der Waals surface area contributed by atoms with Crippen LogP contribution in [0.1, 0.15) is 40.3 Å². The molecule has 0 aliphatic rings. The van der Waals surface area contributed by atoms with Crippen LogP contribution in [0.15, 0.2) is 101 Å². The van der Waals surface area contributed by atoms with Crippen molar-refractivity contribution in [3.63, 3.8) is 0 Å². The Morgan fingerprint density at radius 2 is 1.47 bits per heavy atom. The first kappa shape index (κ1) is 25.5. The van der Waals surface area contributed by atoms with Crippen molar-refractivity contribution in [2.45, 2.75) is 30.8 Å². The third kappa shape index (κ3) is 6.52. The first-order valence-electron chi connectivity index (χ1n) is 12.1. The molecule has 0 aliphatic carbocycles. The molecule has 1 aromatic heterocycles. The third-order valence-electron chi connectivity index (χ3n) is 6.26. The quantitative estimate of drug-likeness (QED) is 0.244. The first-order valence-corrected chi connectivity index (χ1v) is 13.1. The molecule has 184 valence electrons. The molecule has 0 unspecified atom stereocenters. The summed E-state index contributed by atoms with van der Waals surface area (Å²) >= 11 is 1.29. The molecular formula is C30H31N3O2S. The zero-order chi connectivity index (χ0) is 25.3. The van der Waals surface area contributed by atoms with Gasteiger partial charge in [0.25, 0.3) is 5.56 Å². The highest BCUT2D eigenvalue weighted by molar-refractivity contribution is 7.99. The van der Waals surface area contributed by atoms with Crippen molar-refractivity contribution < 1.29 is 4.79 Å². The number of hydrogen-bond acceptors (Lipinski definition) is 4. The van der Waals surface area contributed by atoms with Crippen molar-refractivity contribution in [3.8, 4) is 0 Å². The van der Waals surface area contributed by atoms with Gasteiger partial charge < -0.3 is 5.32 Å². The normalized spacial score (nSPS) is 11.0. The highest BCUT2D eigenvalue weighted by Crippen LogP contribution is 2.27. The molecule has 0 bridgehead atoms. The summed E-state index contributed by atoms with van der Waals surface area (Å²) in [5.74, 6) is 0.349. The van der Waals surface area contributed by atoms with E-state index in [1.54, 1.807) is 11.6 Å². The van der Waals surface area contributed by atoms with Gasteiger partial charge in [0.1, 0.15) is 0 Å². The Morgan fingerprint density at radius 3 is 2.06 bits per heavy atom. The minimum Gasteiger partial charge on any atom is -0.355 e. The van der Waals surface area contributed by atoms with E-state index in [1.165, 1.54) is 22.9 Å². The Kier molecular flexibility index (Phi) is 8.74. The number of nitrogens with zero attached hydrogens (tertiary/aromatic N) is 2. The topological polar surface area (TPSA) is 64.0 Å². The van der Waals surface area contributed by atoms with E-state index in [9.17, 15) is 9.59 Å². The molecule has 1 amide bonds. The third-order valence-corrected chi connectivity index (χ3v) is 7.29. The van der Waals surface area contributed by atoms with Crippen molar-refractivity contribution in [3.05, 3.63) is 129 Å². The van der Waals surface area contributed by atoms with Crippen molar-refractivity contribution in [2.24, 2.45) is 7.05 Å². The predicted molar refractivity (Wildman–Crippen MR) is 147 cm³/mol. The second-order valence-electron chi connectivity index (χ2n) is 8.79. The van der Waals surface area contributed by atoms with Crippen molar-refractivity contribution in [1.82, 2.24) is 14.9 Å². The molecule has 0 radical (unpaired) electrons. The smallest absolute Gasteiger partial charge is 0.257 e. The zero-order valence-corrected chi connectivity index (χ0v) is 21.5. The number of nitrogens with one attached hydrogen (secondary N) is 1. The Balaban J connectivity index is 1.35. The summed E-state index contributed by atoms with van der Waals surface area (Å²) in [5, 5.41) is 3.59. The van der Waals surface area contributed by atoms with Gasteiger partial charge in [0.15, 0.2) is 5.16 Å². The molecule has 0 saturated heterocycles. The maximum Gasteiger partial charge on any atom is 0.257 e. The van der Waals surface area contributed by atoms with Gasteiger partial charge in [-0.3, -0.25) is 14.2 Å². The van der Waals surface area contributed by atoms with Crippen LogP contribution in [0, 0.1) is 6.92 Å². The van der Waals surface area contributed by atoms with Gasteiger partial charge in [0.05, 0.1) is 5.75 Å². The van der Waals surface area contributed by atoms with Gasteiger partial charge in [0.2, 0.25) is 5.91 Å². The largest absolute Gasteiger partial charge is 0.355 e. The number of aromatic nitrogens is 2. The molecule has 3 aromatic carbocycles. The molecule has 0 saturated carbocycles. The van der Waals surface area contributed by atoms with Crippen LogP contribution in [0.25, 0.3) is 0 Å². The van der Waals surface area contributed by atoms with Crippen LogP contribution < -0.4 is 10.9 Å². The van der Waals surface area contributed by atoms with Crippen LogP contribution in [0.3, 0.4) is 0 Å². The fourth-order valence-electron chi connectivity index (χ4n) is 4.30. The molecule has 1 N–H and O–H groups in total. The SMILES string of the molecule is Cc1nc(SCC(=O)NCCC(c2ccccc2)c2ccccc2)n(C)c(=O)c1Cc1ccccc1. The minimum atomic E-state index is -0.0693. The fourth-order valence-corrected chi connectivity index (χ4v) is 5.14. The van der Waals surface area contributed by atoms with Crippen LogP contribution in [0.4, 0.5) is 0 Å². The van der Waals surface area contributed by atoms with Gasteiger partial charge in [-0.15, -0.1) is 0 Å². The van der Waals surface area contributed by atoms with Gasteiger partial charge in [-0.2, -0.15) is 0 Å². The summed E-state index contributed by atoms with van der Waals surface area (Å²) in [6.07, 6.45) is 1.34. The van der Waals surface area contributed by atoms with E-state index >= 15 is 0 Å². The molecule has 0 fully saturated rings. The molecule has 6 heteroatoms. The molecule has 0 atom stereocenters. The number of hydrogen-bond donors (Lipinski definition) is 1. The van der Waals surface area contributed by atoms with Crippen molar-refractivity contribution >= 4 is 17.7 Å². The minimum absolute atomic E-state index is 0.0668. The lowest BCUT2D eigenvalue weighted by Gasteiger charge is -2.18. The lowest BCUT2D eigenvalue weighted by Crippen LogP contribution is -2.29. The molecule has 4 rings (SSSR count). The van der Waals surface area contributed by atoms with Crippen LogP contribution in [-0.2, 0) is 18.3 Å². The Morgan fingerprint density at radius 1 is 0.917 bits per heavy atom. The van der Waals surface area contributed by atoms with Gasteiger partial charge in [-0.05, 0) is 30.0 Å².